The van der Waals surface area contributed by atoms with Crippen LogP contribution in [0.2, 0.25) is 0 Å². The molecule has 1 amide bonds. The summed E-state index contributed by atoms with van der Waals surface area (Å²) in [5.41, 5.74) is 4.76. The number of hydrogen-bond acceptors (Lipinski definition) is 8. The maximum atomic E-state index is 13.0. The summed E-state index contributed by atoms with van der Waals surface area (Å²) >= 11 is 0. The maximum Gasteiger partial charge on any atom is 0.289 e. The van der Waals surface area contributed by atoms with Crippen molar-refractivity contribution in [3.05, 3.63) is 53.5 Å². The van der Waals surface area contributed by atoms with Gasteiger partial charge in [-0.2, -0.15) is 0 Å². The molecule has 1 aromatic carbocycles. The lowest BCUT2D eigenvalue weighted by Gasteiger charge is -2.26. The van der Waals surface area contributed by atoms with Gasteiger partial charge in [-0.05, 0) is 36.6 Å². The Bertz CT molecular complexity index is 1170. The first-order valence-electron chi connectivity index (χ1n) is 10.8. The number of aromatic nitrogens is 1. The van der Waals surface area contributed by atoms with E-state index in [2.05, 4.69) is 25.7 Å². The molecule has 0 unspecified atom stereocenters. The number of nitrogens with zero attached hydrogens (tertiary/aromatic N) is 3. The molecule has 0 atom stereocenters. The van der Waals surface area contributed by atoms with Gasteiger partial charge in [0.05, 0.1) is 30.8 Å². The number of anilines is 2. The number of amides is 1. The first kappa shape index (κ1) is 20.5. The minimum absolute atomic E-state index is 0.230. The summed E-state index contributed by atoms with van der Waals surface area (Å²) in [4.78, 5) is 19.4. The highest BCUT2D eigenvalue weighted by molar-refractivity contribution is 6.07. The second kappa shape index (κ2) is 8.97. The molecule has 3 heterocycles. The van der Waals surface area contributed by atoms with Crippen molar-refractivity contribution in [2.45, 2.75) is 12.8 Å². The van der Waals surface area contributed by atoms with Crippen LogP contribution < -0.4 is 10.6 Å². The van der Waals surface area contributed by atoms with Crippen LogP contribution in [0.3, 0.4) is 0 Å². The average Bonchev–Trinajstić information content (AvgIpc) is 3.41. The summed E-state index contributed by atoms with van der Waals surface area (Å²) in [5, 5.41) is 19.7. The van der Waals surface area contributed by atoms with E-state index in [0.29, 0.717) is 29.9 Å². The molecule has 2 aliphatic rings. The lowest BCUT2D eigenvalue weighted by molar-refractivity contribution is 0.0382. The predicted molar refractivity (Wildman–Crippen MR) is 120 cm³/mol. The van der Waals surface area contributed by atoms with E-state index in [1.807, 2.05) is 24.3 Å². The van der Waals surface area contributed by atoms with Crippen LogP contribution in [0.1, 0.15) is 28.1 Å². The fraction of sp³-hybridized carbons (Fsp3) is 0.348. The van der Waals surface area contributed by atoms with E-state index < -0.39 is 0 Å². The van der Waals surface area contributed by atoms with Crippen molar-refractivity contribution in [3.63, 3.8) is 0 Å². The number of carbonyl (C=O) groups is 1. The van der Waals surface area contributed by atoms with Crippen molar-refractivity contribution in [3.8, 4) is 0 Å². The van der Waals surface area contributed by atoms with Gasteiger partial charge in [-0.15, -0.1) is 0 Å². The third-order valence-corrected chi connectivity index (χ3v) is 5.95. The highest BCUT2D eigenvalue weighted by atomic mass is 16.5. The molecule has 1 aliphatic carbocycles. The number of furan rings is 1. The van der Waals surface area contributed by atoms with Crippen molar-refractivity contribution in [2.75, 3.05) is 44.7 Å². The Hall–Kier alpha value is -3.43. The molecule has 9 heteroatoms. The van der Waals surface area contributed by atoms with Crippen molar-refractivity contribution in [2.24, 2.45) is 5.16 Å². The van der Waals surface area contributed by atoms with Gasteiger partial charge >= 0.3 is 0 Å². The summed E-state index contributed by atoms with van der Waals surface area (Å²) in [6, 6.07) is 7.70. The zero-order valence-electron chi connectivity index (χ0n) is 17.6. The molecule has 0 bridgehead atoms. The normalized spacial score (nSPS) is 17.6. The van der Waals surface area contributed by atoms with Crippen LogP contribution in [-0.2, 0) is 11.2 Å². The Morgan fingerprint density at radius 3 is 2.94 bits per heavy atom. The van der Waals surface area contributed by atoms with Gasteiger partial charge in [-0.1, -0.05) is 11.2 Å². The molecule has 0 saturated carbocycles. The van der Waals surface area contributed by atoms with Crippen LogP contribution in [0.5, 0.6) is 0 Å². The van der Waals surface area contributed by atoms with Gasteiger partial charge < -0.3 is 25.0 Å². The SMILES string of the molecule is O=C(NCCN1CCOCC1)c1oc2cnccc2c1Nc1ccc2c(c1)CC/C2=N\O. The zero-order valence-corrected chi connectivity index (χ0v) is 17.6. The summed E-state index contributed by atoms with van der Waals surface area (Å²) in [5.74, 6) is -0.0408. The lowest BCUT2D eigenvalue weighted by Crippen LogP contribution is -2.41. The standard InChI is InChI=1S/C23H25N5O4/c29-23(25-7-8-28-9-11-31-12-10-28)22-21(18-5-6-24-14-20(18)32-22)26-16-2-3-17-15(13-16)1-4-19(17)27-30/h2-3,5-6,13-14,26,30H,1,4,7-12H2,(H,25,29)/b27-19+. The van der Waals surface area contributed by atoms with Crippen LogP contribution in [0.25, 0.3) is 11.0 Å². The van der Waals surface area contributed by atoms with Crippen molar-refractivity contribution < 1.29 is 19.2 Å². The fourth-order valence-electron chi connectivity index (χ4n) is 4.26. The van der Waals surface area contributed by atoms with E-state index in [9.17, 15) is 4.79 Å². The van der Waals surface area contributed by atoms with Crippen molar-refractivity contribution >= 4 is 34.0 Å². The van der Waals surface area contributed by atoms with Crippen molar-refractivity contribution in [1.29, 1.82) is 0 Å². The average molecular weight is 435 g/mol. The highest BCUT2D eigenvalue weighted by Crippen LogP contribution is 2.34. The number of hydrogen-bond donors (Lipinski definition) is 3. The second-order valence-corrected chi connectivity index (χ2v) is 7.93. The molecule has 0 spiro atoms. The molecule has 1 fully saturated rings. The first-order valence-corrected chi connectivity index (χ1v) is 10.8. The van der Waals surface area contributed by atoms with Crippen LogP contribution in [0.15, 0.2) is 46.2 Å². The van der Waals surface area contributed by atoms with Gasteiger partial charge in [-0.3, -0.25) is 14.7 Å². The number of morpholine rings is 1. The summed E-state index contributed by atoms with van der Waals surface area (Å²) < 4.78 is 11.2. The first-order chi connectivity index (χ1) is 15.7. The van der Waals surface area contributed by atoms with E-state index in [1.54, 1.807) is 12.4 Å². The molecule has 32 heavy (non-hydrogen) atoms. The predicted octanol–water partition coefficient (Wildman–Crippen LogP) is 2.76. The van der Waals surface area contributed by atoms with Gasteiger partial charge in [-0.25, -0.2) is 0 Å². The Labute approximate surface area is 185 Å². The number of oxime groups is 1. The fourth-order valence-corrected chi connectivity index (χ4v) is 4.26. The van der Waals surface area contributed by atoms with Crippen LogP contribution in [-0.4, -0.2) is 66.1 Å². The molecule has 3 N–H and O–H groups in total. The number of fused-ring (bicyclic) bond motifs is 2. The number of aryl methyl sites for hydroxylation is 1. The van der Waals surface area contributed by atoms with Gasteiger partial charge in [0, 0.05) is 49.0 Å². The van der Waals surface area contributed by atoms with Gasteiger partial charge in [0.25, 0.3) is 5.91 Å². The molecule has 3 aromatic rings. The second-order valence-electron chi connectivity index (χ2n) is 7.93. The third-order valence-electron chi connectivity index (χ3n) is 5.95. The number of benzene rings is 1. The number of nitrogens with one attached hydrogen (secondary N) is 2. The Kier molecular flexibility index (Phi) is 5.74. The quantitative estimate of drug-likeness (QED) is 0.403. The van der Waals surface area contributed by atoms with E-state index >= 15 is 0 Å². The molecule has 0 radical (unpaired) electrons. The lowest BCUT2D eigenvalue weighted by atomic mass is 10.1. The smallest absolute Gasteiger partial charge is 0.289 e. The minimum atomic E-state index is -0.271. The van der Waals surface area contributed by atoms with E-state index in [1.165, 1.54) is 0 Å². The van der Waals surface area contributed by atoms with Gasteiger partial charge in [0.15, 0.2) is 5.58 Å². The molecule has 9 nitrogen and oxygen atoms in total. The number of rotatable bonds is 6. The van der Waals surface area contributed by atoms with Crippen LogP contribution in [0, 0.1) is 0 Å². The minimum Gasteiger partial charge on any atom is -0.447 e. The number of ether oxygens (including phenoxy) is 1. The molecular formula is C23H25N5O4. The highest BCUT2D eigenvalue weighted by Gasteiger charge is 2.23. The molecule has 5 rings (SSSR count). The topological polar surface area (TPSA) is 112 Å². The summed E-state index contributed by atoms with van der Waals surface area (Å²) in [6.45, 7) is 4.49. The maximum absolute atomic E-state index is 13.0. The van der Waals surface area contributed by atoms with Crippen molar-refractivity contribution in [1.82, 2.24) is 15.2 Å². The van der Waals surface area contributed by atoms with E-state index in [4.69, 9.17) is 14.4 Å². The van der Waals surface area contributed by atoms with E-state index in [-0.39, 0.29) is 11.7 Å². The largest absolute Gasteiger partial charge is 0.447 e. The van der Waals surface area contributed by atoms with Gasteiger partial charge in [0.1, 0.15) is 0 Å². The monoisotopic (exact) mass is 435 g/mol. The number of carbonyl (C=O) groups excluding carboxylic acids is 1. The van der Waals surface area contributed by atoms with Crippen LogP contribution in [0.4, 0.5) is 11.4 Å². The summed E-state index contributed by atoms with van der Waals surface area (Å²) in [7, 11) is 0. The summed E-state index contributed by atoms with van der Waals surface area (Å²) in [6.07, 6.45) is 4.81. The zero-order chi connectivity index (χ0) is 21.9. The molecule has 1 aliphatic heterocycles. The Morgan fingerprint density at radius 1 is 1.22 bits per heavy atom. The molecule has 166 valence electrons. The molecule has 2 aromatic heterocycles. The third kappa shape index (κ3) is 4.04. The molecule has 1 saturated heterocycles. The van der Waals surface area contributed by atoms with Crippen LogP contribution >= 0.6 is 0 Å². The van der Waals surface area contributed by atoms with E-state index in [0.717, 1.165) is 61.5 Å². The Balaban J connectivity index is 1.36. The Morgan fingerprint density at radius 2 is 2.09 bits per heavy atom. The van der Waals surface area contributed by atoms with Gasteiger partial charge in [0.2, 0.25) is 5.76 Å². The molecular weight excluding hydrogens is 410 g/mol. The number of pyridine rings is 1.